The lowest BCUT2D eigenvalue weighted by Crippen LogP contribution is -2.16. The number of hydrogen-bond acceptors (Lipinski definition) is 8. The van der Waals surface area contributed by atoms with E-state index in [0.717, 1.165) is 5.76 Å². The molecule has 0 unspecified atom stereocenters. The summed E-state index contributed by atoms with van der Waals surface area (Å²) >= 11 is 2.68. The van der Waals surface area contributed by atoms with Crippen LogP contribution in [0.3, 0.4) is 0 Å². The van der Waals surface area contributed by atoms with Crippen molar-refractivity contribution in [2.45, 2.75) is 5.75 Å². The molecule has 3 aromatic rings. The van der Waals surface area contributed by atoms with E-state index in [1.54, 1.807) is 35.9 Å². The maximum absolute atomic E-state index is 12.3. The molecule has 1 aromatic carbocycles. The molecule has 0 aliphatic heterocycles. The molecule has 0 saturated carbocycles. The maximum atomic E-state index is 12.3. The number of ether oxygens (including phenoxy) is 2. The SMILES string of the molecule is COc1ccc(C(=O)OCC(=O)c2cccs2)cc1NC(=O)CSCc1ccco1. The van der Waals surface area contributed by atoms with Gasteiger partial charge in [0, 0.05) is 0 Å². The molecule has 9 heteroatoms. The summed E-state index contributed by atoms with van der Waals surface area (Å²) < 4.78 is 15.6. The number of ketones is 1. The van der Waals surface area contributed by atoms with Gasteiger partial charge in [0.15, 0.2) is 6.61 Å². The largest absolute Gasteiger partial charge is 0.495 e. The van der Waals surface area contributed by atoms with Crippen LogP contribution in [0.5, 0.6) is 5.75 Å². The second-order valence-electron chi connectivity index (χ2n) is 6.01. The zero-order valence-corrected chi connectivity index (χ0v) is 17.7. The fraction of sp³-hybridized carbons (Fsp3) is 0.190. The molecule has 0 saturated heterocycles. The van der Waals surface area contributed by atoms with Gasteiger partial charge in [-0.1, -0.05) is 6.07 Å². The number of hydrogen-bond donors (Lipinski definition) is 1. The standard InChI is InChI=1S/C21H19NO6S2/c1-26-18-7-6-14(21(25)28-11-17(23)19-5-3-9-30-19)10-16(18)22-20(24)13-29-12-15-4-2-8-27-15/h2-10H,11-13H2,1H3,(H,22,24). The monoisotopic (exact) mass is 445 g/mol. The lowest BCUT2D eigenvalue weighted by Gasteiger charge is -2.12. The van der Waals surface area contributed by atoms with E-state index in [-0.39, 0.29) is 29.6 Å². The van der Waals surface area contributed by atoms with Crippen molar-refractivity contribution in [2.75, 3.05) is 24.8 Å². The van der Waals surface area contributed by atoms with E-state index in [4.69, 9.17) is 13.9 Å². The summed E-state index contributed by atoms with van der Waals surface area (Å²) in [5.74, 6) is 0.788. The topological polar surface area (TPSA) is 94.8 Å². The highest BCUT2D eigenvalue weighted by atomic mass is 32.2. The molecule has 0 aliphatic carbocycles. The minimum atomic E-state index is -0.662. The van der Waals surface area contributed by atoms with Crippen LogP contribution in [-0.2, 0) is 15.3 Å². The first-order chi connectivity index (χ1) is 14.6. The van der Waals surface area contributed by atoms with Crippen molar-refractivity contribution in [1.82, 2.24) is 0 Å². The van der Waals surface area contributed by atoms with Crippen LogP contribution in [0, 0.1) is 0 Å². The predicted molar refractivity (Wildman–Crippen MR) is 115 cm³/mol. The molecule has 0 radical (unpaired) electrons. The van der Waals surface area contributed by atoms with Crippen molar-refractivity contribution in [3.63, 3.8) is 0 Å². The number of nitrogens with one attached hydrogen (secondary N) is 1. The van der Waals surface area contributed by atoms with Crippen LogP contribution in [0.2, 0.25) is 0 Å². The highest BCUT2D eigenvalue weighted by Crippen LogP contribution is 2.26. The Morgan fingerprint density at radius 3 is 2.73 bits per heavy atom. The third kappa shape index (κ3) is 5.98. The third-order valence-electron chi connectivity index (χ3n) is 3.90. The van der Waals surface area contributed by atoms with E-state index in [1.165, 1.54) is 42.3 Å². The number of anilines is 1. The third-order valence-corrected chi connectivity index (χ3v) is 5.76. The molecular weight excluding hydrogens is 426 g/mol. The molecule has 2 heterocycles. The fourth-order valence-corrected chi connectivity index (χ4v) is 3.86. The van der Waals surface area contributed by atoms with Crippen molar-refractivity contribution in [3.8, 4) is 5.75 Å². The lowest BCUT2D eigenvalue weighted by molar-refractivity contribution is -0.113. The van der Waals surface area contributed by atoms with E-state index in [0.29, 0.717) is 22.1 Å². The second kappa shape index (κ2) is 10.7. The number of methoxy groups -OCH3 is 1. The first kappa shape index (κ1) is 21.7. The number of benzene rings is 1. The van der Waals surface area contributed by atoms with Gasteiger partial charge in [0.2, 0.25) is 11.7 Å². The predicted octanol–water partition coefficient (Wildman–Crippen LogP) is 4.26. The van der Waals surface area contributed by atoms with Crippen LogP contribution in [-0.4, -0.2) is 37.1 Å². The highest BCUT2D eigenvalue weighted by Gasteiger charge is 2.16. The van der Waals surface area contributed by atoms with Crippen LogP contribution >= 0.6 is 23.1 Å². The van der Waals surface area contributed by atoms with Gasteiger partial charge in [0.05, 0.1) is 41.0 Å². The molecule has 0 fully saturated rings. The van der Waals surface area contributed by atoms with Crippen molar-refractivity contribution in [3.05, 3.63) is 70.3 Å². The minimum absolute atomic E-state index is 0.202. The van der Waals surface area contributed by atoms with E-state index in [2.05, 4.69) is 5.32 Å². The van der Waals surface area contributed by atoms with Gasteiger partial charge in [-0.3, -0.25) is 9.59 Å². The normalized spacial score (nSPS) is 10.4. The van der Waals surface area contributed by atoms with Gasteiger partial charge in [-0.05, 0) is 41.8 Å². The van der Waals surface area contributed by atoms with Crippen molar-refractivity contribution in [1.29, 1.82) is 0 Å². The average Bonchev–Trinajstić information content (AvgIpc) is 3.46. The summed E-state index contributed by atoms with van der Waals surface area (Å²) in [6.07, 6.45) is 1.58. The van der Waals surface area contributed by atoms with E-state index in [1.807, 2.05) is 6.07 Å². The number of carbonyl (C=O) groups excluding carboxylic acids is 3. The molecule has 0 spiro atoms. The Bertz CT molecular complexity index is 999. The van der Waals surface area contributed by atoms with Gasteiger partial charge in [-0.15, -0.1) is 23.1 Å². The number of furan rings is 1. The highest BCUT2D eigenvalue weighted by molar-refractivity contribution is 7.99. The Balaban J connectivity index is 1.57. The lowest BCUT2D eigenvalue weighted by atomic mass is 10.2. The molecule has 2 aromatic heterocycles. The zero-order valence-electron chi connectivity index (χ0n) is 16.1. The number of carbonyl (C=O) groups is 3. The Kier molecular flexibility index (Phi) is 7.69. The summed E-state index contributed by atoms with van der Waals surface area (Å²) in [7, 11) is 1.47. The van der Waals surface area contributed by atoms with Crippen LogP contribution in [0.15, 0.2) is 58.5 Å². The van der Waals surface area contributed by atoms with Gasteiger partial charge < -0.3 is 19.2 Å². The molecule has 30 heavy (non-hydrogen) atoms. The molecule has 0 atom stereocenters. The summed E-state index contributed by atoms with van der Waals surface area (Å²) in [5, 5.41) is 4.51. The molecular formula is C21H19NO6S2. The molecule has 1 amide bonds. The fourth-order valence-electron chi connectivity index (χ4n) is 2.48. The van der Waals surface area contributed by atoms with E-state index >= 15 is 0 Å². The maximum Gasteiger partial charge on any atom is 0.338 e. The molecule has 156 valence electrons. The van der Waals surface area contributed by atoms with Crippen LogP contribution in [0.1, 0.15) is 25.8 Å². The molecule has 0 bridgehead atoms. The minimum Gasteiger partial charge on any atom is -0.495 e. The Morgan fingerprint density at radius 2 is 2.03 bits per heavy atom. The zero-order chi connectivity index (χ0) is 21.3. The molecule has 0 aliphatic rings. The van der Waals surface area contributed by atoms with Crippen LogP contribution in [0.4, 0.5) is 5.69 Å². The van der Waals surface area contributed by atoms with Crippen molar-refractivity contribution < 1.29 is 28.3 Å². The van der Waals surface area contributed by atoms with E-state index < -0.39 is 5.97 Å². The number of rotatable bonds is 10. The van der Waals surface area contributed by atoms with E-state index in [9.17, 15) is 14.4 Å². The molecule has 7 nitrogen and oxygen atoms in total. The van der Waals surface area contributed by atoms with Gasteiger partial charge in [0.25, 0.3) is 0 Å². The number of thiophene rings is 1. The van der Waals surface area contributed by atoms with Gasteiger partial charge in [-0.2, -0.15) is 0 Å². The molecule has 3 rings (SSSR count). The molecule has 1 N–H and O–H groups in total. The first-order valence-electron chi connectivity index (χ1n) is 8.88. The second-order valence-corrected chi connectivity index (χ2v) is 7.95. The summed E-state index contributed by atoms with van der Waals surface area (Å²) in [4.78, 5) is 37.1. The number of thioether (sulfide) groups is 1. The van der Waals surface area contributed by atoms with Gasteiger partial charge in [-0.25, -0.2) is 4.79 Å². The Hall–Kier alpha value is -3.04. The summed E-state index contributed by atoms with van der Waals surface area (Å²) in [5.41, 5.74) is 0.549. The van der Waals surface area contributed by atoms with Crippen LogP contribution < -0.4 is 10.1 Å². The summed E-state index contributed by atoms with van der Waals surface area (Å²) in [6.45, 7) is -0.351. The Labute approximate surface area is 181 Å². The Morgan fingerprint density at radius 1 is 1.17 bits per heavy atom. The van der Waals surface area contributed by atoms with Gasteiger partial charge in [0.1, 0.15) is 11.5 Å². The summed E-state index contributed by atoms with van der Waals surface area (Å²) in [6, 6.07) is 11.6. The van der Waals surface area contributed by atoms with Gasteiger partial charge >= 0.3 is 5.97 Å². The quantitative estimate of drug-likeness (QED) is 0.368. The first-order valence-corrected chi connectivity index (χ1v) is 10.9. The number of esters is 1. The average molecular weight is 446 g/mol. The number of Topliss-reactive ketones (excluding diaryl/α,β-unsaturated/α-hetero) is 1. The smallest absolute Gasteiger partial charge is 0.338 e. The van der Waals surface area contributed by atoms with Crippen molar-refractivity contribution in [2.24, 2.45) is 0 Å². The van der Waals surface area contributed by atoms with Crippen LogP contribution in [0.25, 0.3) is 0 Å². The van der Waals surface area contributed by atoms with Crippen molar-refractivity contribution >= 4 is 46.4 Å². The number of amides is 1.